The highest BCUT2D eigenvalue weighted by molar-refractivity contribution is 6.31. The van der Waals surface area contributed by atoms with Crippen LogP contribution in [-0.4, -0.2) is 12.6 Å². The third-order valence-corrected chi connectivity index (χ3v) is 2.83. The Kier molecular flexibility index (Phi) is 5.06. The fourth-order valence-electron chi connectivity index (χ4n) is 1.61. The number of hydrogen-bond acceptors (Lipinski definition) is 1. The summed E-state index contributed by atoms with van der Waals surface area (Å²) in [6.45, 7) is 5.10. The molecular weight excluding hydrogens is 213 g/mol. The van der Waals surface area contributed by atoms with Crippen LogP contribution in [0.3, 0.4) is 0 Å². The number of rotatable bonds is 5. The minimum atomic E-state index is -0.222. The van der Waals surface area contributed by atoms with Crippen LogP contribution >= 0.6 is 11.6 Å². The maximum atomic E-state index is 13.0. The minimum absolute atomic E-state index is 0.222. The predicted octanol–water partition coefficient (Wildman–Crippen LogP) is 3.41. The van der Waals surface area contributed by atoms with Gasteiger partial charge in [0.05, 0.1) is 0 Å². The van der Waals surface area contributed by atoms with Crippen LogP contribution in [0.4, 0.5) is 4.39 Å². The van der Waals surface area contributed by atoms with Gasteiger partial charge in [0.1, 0.15) is 5.82 Å². The van der Waals surface area contributed by atoms with Crippen molar-refractivity contribution in [3.63, 3.8) is 0 Å². The highest BCUT2D eigenvalue weighted by atomic mass is 35.5. The summed E-state index contributed by atoms with van der Waals surface area (Å²) in [5.41, 5.74) is 0.879. The summed E-state index contributed by atoms with van der Waals surface area (Å²) < 4.78 is 13.0. The van der Waals surface area contributed by atoms with Gasteiger partial charge in [0.25, 0.3) is 0 Å². The average Bonchev–Trinajstić information content (AvgIpc) is 2.22. The second-order valence-electron chi connectivity index (χ2n) is 3.60. The molecule has 1 N–H and O–H groups in total. The molecule has 0 saturated carbocycles. The molecule has 0 aromatic heterocycles. The largest absolute Gasteiger partial charge is 0.314 e. The molecule has 1 nitrogen and oxygen atoms in total. The Morgan fingerprint density at radius 1 is 1.40 bits per heavy atom. The SMILES string of the molecule is CCNC(CC)Cc1cc(F)ccc1Cl. The smallest absolute Gasteiger partial charge is 0.123 e. The van der Waals surface area contributed by atoms with Gasteiger partial charge in [0.2, 0.25) is 0 Å². The van der Waals surface area contributed by atoms with Gasteiger partial charge in [-0.05, 0) is 43.1 Å². The first-order chi connectivity index (χ1) is 7.17. The van der Waals surface area contributed by atoms with Gasteiger partial charge >= 0.3 is 0 Å². The van der Waals surface area contributed by atoms with Crippen molar-refractivity contribution >= 4 is 11.6 Å². The van der Waals surface area contributed by atoms with Crippen molar-refractivity contribution in [2.45, 2.75) is 32.7 Å². The molecule has 0 radical (unpaired) electrons. The van der Waals surface area contributed by atoms with E-state index in [2.05, 4.69) is 19.2 Å². The van der Waals surface area contributed by atoms with E-state index in [4.69, 9.17) is 11.6 Å². The lowest BCUT2D eigenvalue weighted by molar-refractivity contribution is 0.508. The fraction of sp³-hybridized carbons (Fsp3) is 0.500. The molecule has 1 unspecified atom stereocenters. The second-order valence-corrected chi connectivity index (χ2v) is 4.01. The van der Waals surface area contributed by atoms with E-state index in [1.807, 2.05) is 0 Å². The molecule has 3 heteroatoms. The van der Waals surface area contributed by atoms with Gasteiger partial charge in [-0.3, -0.25) is 0 Å². The molecule has 0 aliphatic rings. The molecule has 0 bridgehead atoms. The first-order valence-electron chi connectivity index (χ1n) is 5.34. The fourth-order valence-corrected chi connectivity index (χ4v) is 1.81. The Hall–Kier alpha value is -0.600. The summed E-state index contributed by atoms with van der Waals surface area (Å²) in [6, 6.07) is 4.89. The zero-order valence-electron chi connectivity index (χ0n) is 9.19. The summed E-state index contributed by atoms with van der Waals surface area (Å²) >= 11 is 6.00. The van der Waals surface area contributed by atoms with E-state index < -0.39 is 0 Å². The van der Waals surface area contributed by atoms with Crippen molar-refractivity contribution in [2.75, 3.05) is 6.54 Å². The lowest BCUT2D eigenvalue weighted by atomic mass is 10.0. The molecule has 0 saturated heterocycles. The molecule has 1 aromatic rings. The van der Waals surface area contributed by atoms with E-state index in [-0.39, 0.29) is 5.82 Å². The van der Waals surface area contributed by atoms with Crippen LogP contribution < -0.4 is 5.32 Å². The second kappa shape index (κ2) is 6.09. The molecule has 84 valence electrons. The number of likely N-dealkylation sites (N-methyl/N-ethyl adjacent to an activating group) is 1. The molecule has 1 aromatic carbocycles. The Balaban J connectivity index is 2.73. The maximum absolute atomic E-state index is 13.0. The van der Waals surface area contributed by atoms with Crippen molar-refractivity contribution in [1.82, 2.24) is 5.32 Å². The molecule has 15 heavy (non-hydrogen) atoms. The molecular formula is C12H17ClFN. The number of nitrogens with one attached hydrogen (secondary N) is 1. The lowest BCUT2D eigenvalue weighted by Gasteiger charge is -2.16. The quantitative estimate of drug-likeness (QED) is 0.816. The summed E-state index contributed by atoms with van der Waals surface area (Å²) in [7, 11) is 0. The van der Waals surface area contributed by atoms with E-state index >= 15 is 0 Å². The monoisotopic (exact) mass is 229 g/mol. The van der Waals surface area contributed by atoms with Gasteiger partial charge in [-0.1, -0.05) is 25.4 Å². The topological polar surface area (TPSA) is 12.0 Å². The first kappa shape index (κ1) is 12.5. The van der Waals surface area contributed by atoms with Crippen molar-refractivity contribution in [2.24, 2.45) is 0 Å². The predicted molar refractivity (Wildman–Crippen MR) is 62.9 cm³/mol. The number of halogens is 2. The van der Waals surface area contributed by atoms with E-state index in [1.165, 1.54) is 12.1 Å². The van der Waals surface area contributed by atoms with Crippen molar-refractivity contribution < 1.29 is 4.39 Å². The summed E-state index contributed by atoms with van der Waals surface area (Å²) in [4.78, 5) is 0. The molecule has 1 atom stereocenters. The van der Waals surface area contributed by atoms with Crippen LogP contribution in [0.25, 0.3) is 0 Å². The van der Waals surface area contributed by atoms with Crippen LogP contribution in [0.15, 0.2) is 18.2 Å². The Bertz CT molecular complexity index is 314. The van der Waals surface area contributed by atoms with E-state index in [1.54, 1.807) is 6.07 Å². The number of hydrogen-bond donors (Lipinski definition) is 1. The lowest BCUT2D eigenvalue weighted by Crippen LogP contribution is -2.30. The van der Waals surface area contributed by atoms with Gasteiger partial charge < -0.3 is 5.32 Å². The summed E-state index contributed by atoms with van der Waals surface area (Å²) in [5, 5.41) is 3.99. The van der Waals surface area contributed by atoms with Crippen LogP contribution in [0.1, 0.15) is 25.8 Å². The zero-order valence-corrected chi connectivity index (χ0v) is 9.94. The molecule has 0 aliphatic carbocycles. The Morgan fingerprint density at radius 2 is 2.13 bits per heavy atom. The standard InChI is InChI=1S/C12H17ClFN/c1-3-11(15-4-2)8-9-7-10(14)5-6-12(9)13/h5-7,11,15H,3-4,8H2,1-2H3. The van der Waals surface area contributed by atoms with Gasteiger partial charge in [0.15, 0.2) is 0 Å². The van der Waals surface area contributed by atoms with Crippen LogP contribution in [0, 0.1) is 5.82 Å². The third-order valence-electron chi connectivity index (χ3n) is 2.46. The van der Waals surface area contributed by atoms with Gasteiger partial charge in [-0.25, -0.2) is 4.39 Å². The summed E-state index contributed by atoms with van der Waals surface area (Å²) in [6.07, 6.45) is 1.79. The minimum Gasteiger partial charge on any atom is -0.314 e. The molecule has 1 rings (SSSR count). The Morgan fingerprint density at radius 3 is 2.73 bits per heavy atom. The van der Waals surface area contributed by atoms with Gasteiger partial charge in [0, 0.05) is 11.1 Å². The highest BCUT2D eigenvalue weighted by Gasteiger charge is 2.09. The molecule has 0 heterocycles. The van der Waals surface area contributed by atoms with Crippen molar-refractivity contribution in [1.29, 1.82) is 0 Å². The molecule has 0 fully saturated rings. The van der Waals surface area contributed by atoms with E-state index in [0.29, 0.717) is 11.1 Å². The van der Waals surface area contributed by atoms with Crippen LogP contribution in [0.5, 0.6) is 0 Å². The number of benzene rings is 1. The van der Waals surface area contributed by atoms with Crippen LogP contribution in [0.2, 0.25) is 5.02 Å². The maximum Gasteiger partial charge on any atom is 0.123 e. The third kappa shape index (κ3) is 3.80. The first-order valence-corrected chi connectivity index (χ1v) is 5.72. The van der Waals surface area contributed by atoms with E-state index in [0.717, 1.165) is 24.9 Å². The van der Waals surface area contributed by atoms with Gasteiger partial charge in [-0.2, -0.15) is 0 Å². The van der Waals surface area contributed by atoms with E-state index in [9.17, 15) is 4.39 Å². The summed E-state index contributed by atoms with van der Waals surface area (Å²) in [5.74, 6) is -0.222. The van der Waals surface area contributed by atoms with Crippen molar-refractivity contribution in [3.05, 3.63) is 34.6 Å². The normalized spacial score (nSPS) is 12.8. The van der Waals surface area contributed by atoms with Gasteiger partial charge in [-0.15, -0.1) is 0 Å². The highest BCUT2D eigenvalue weighted by Crippen LogP contribution is 2.19. The van der Waals surface area contributed by atoms with Crippen LogP contribution in [-0.2, 0) is 6.42 Å². The average molecular weight is 230 g/mol. The molecule has 0 amide bonds. The Labute approximate surface area is 95.6 Å². The molecule has 0 aliphatic heterocycles. The van der Waals surface area contributed by atoms with Crippen molar-refractivity contribution in [3.8, 4) is 0 Å². The molecule has 0 spiro atoms. The zero-order chi connectivity index (χ0) is 11.3.